The zero-order valence-corrected chi connectivity index (χ0v) is 19.8. The number of rotatable bonds is 11. The molecule has 216 valence electrons. The Morgan fingerprint density at radius 3 is 1.56 bits per heavy atom. The standard InChI is InChI=1S/C23H15F13O2S/c1-2-38-16-9-7-14(8-10-16)13-3-5-15(6-4-13)17(37)39-12-11-18(24,25)19(26,27)20(28,29)21(30,31)22(32,33)23(34,35)36/h2-10H,1,11-12H2. The first kappa shape index (κ1) is 32.3. The summed E-state index contributed by atoms with van der Waals surface area (Å²) >= 11 is -0.129. The van der Waals surface area contributed by atoms with Crippen molar-refractivity contribution in [2.24, 2.45) is 0 Å². The molecule has 2 aromatic rings. The summed E-state index contributed by atoms with van der Waals surface area (Å²) in [6.45, 7) is 3.38. The van der Waals surface area contributed by atoms with E-state index in [0.29, 0.717) is 16.9 Å². The molecule has 2 rings (SSSR count). The minimum absolute atomic E-state index is 0.129. The van der Waals surface area contributed by atoms with Gasteiger partial charge in [-0.15, -0.1) is 0 Å². The van der Waals surface area contributed by atoms with Crippen molar-refractivity contribution in [2.45, 2.75) is 42.2 Å². The maximum atomic E-state index is 13.9. The van der Waals surface area contributed by atoms with Gasteiger partial charge in [-0.2, -0.15) is 57.1 Å². The Hall–Kier alpha value is -2.91. The second-order valence-corrected chi connectivity index (χ2v) is 8.84. The molecule has 0 amide bonds. The summed E-state index contributed by atoms with van der Waals surface area (Å²) in [5, 5.41) is -1.05. The summed E-state index contributed by atoms with van der Waals surface area (Å²) in [5.74, 6) is -38.1. The van der Waals surface area contributed by atoms with E-state index in [2.05, 4.69) is 6.58 Å². The highest BCUT2D eigenvalue weighted by atomic mass is 32.2. The molecule has 2 aromatic carbocycles. The smallest absolute Gasteiger partial charge is 0.460 e. The lowest BCUT2D eigenvalue weighted by molar-refractivity contribution is -0.439. The molecule has 0 aliphatic heterocycles. The van der Waals surface area contributed by atoms with Gasteiger partial charge in [0.25, 0.3) is 0 Å². The molecule has 0 N–H and O–H groups in total. The molecule has 0 saturated heterocycles. The Balaban J connectivity index is 2.11. The first-order valence-corrected chi connectivity index (χ1v) is 11.2. The third kappa shape index (κ3) is 5.99. The maximum absolute atomic E-state index is 13.9. The summed E-state index contributed by atoms with van der Waals surface area (Å²) in [4.78, 5) is 12.2. The average molecular weight is 602 g/mol. The number of alkyl halides is 13. The first-order chi connectivity index (χ1) is 17.6. The molecule has 0 unspecified atom stereocenters. The SMILES string of the molecule is C=COc1ccc(-c2ccc(C(=O)SCCC(F)(F)C(F)(F)C(F)(F)C(F)(F)C(F)(F)C(F)(F)F)cc2)cc1. The molecular weight excluding hydrogens is 587 g/mol. The zero-order valence-electron chi connectivity index (χ0n) is 19.0. The van der Waals surface area contributed by atoms with Crippen molar-refractivity contribution in [2.75, 3.05) is 5.75 Å². The molecule has 39 heavy (non-hydrogen) atoms. The van der Waals surface area contributed by atoms with E-state index >= 15 is 0 Å². The molecular formula is C23H15F13O2S. The summed E-state index contributed by atoms with van der Waals surface area (Å²) < 4.78 is 176. The van der Waals surface area contributed by atoms with E-state index in [9.17, 15) is 61.9 Å². The number of hydrogen-bond donors (Lipinski definition) is 0. The average Bonchev–Trinajstić information content (AvgIpc) is 2.83. The second-order valence-electron chi connectivity index (χ2n) is 7.77. The molecule has 0 aliphatic rings. The van der Waals surface area contributed by atoms with Crippen LogP contribution >= 0.6 is 11.8 Å². The van der Waals surface area contributed by atoms with Gasteiger partial charge in [0.05, 0.1) is 6.26 Å². The molecule has 0 aliphatic carbocycles. The van der Waals surface area contributed by atoms with Crippen LogP contribution in [-0.4, -0.2) is 46.7 Å². The number of hydrogen-bond acceptors (Lipinski definition) is 3. The van der Waals surface area contributed by atoms with Gasteiger partial charge in [0.1, 0.15) is 5.75 Å². The van der Waals surface area contributed by atoms with Crippen molar-refractivity contribution in [3.63, 3.8) is 0 Å². The molecule has 0 aromatic heterocycles. The van der Waals surface area contributed by atoms with Gasteiger partial charge < -0.3 is 4.74 Å². The number of carbonyl (C=O) groups excluding carboxylic acids is 1. The monoisotopic (exact) mass is 602 g/mol. The summed E-state index contributed by atoms with van der Waals surface area (Å²) in [5.41, 5.74) is 1.03. The van der Waals surface area contributed by atoms with Crippen LogP contribution in [-0.2, 0) is 0 Å². The van der Waals surface area contributed by atoms with Crippen LogP contribution in [0, 0.1) is 0 Å². The first-order valence-electron chi connectivity index (χ1n) is 10.2. The Labute approximate surface area is 215 Å². The third-order valence-electron chi connectivity index (χ3n) is 5.18. The Morgan fingerprint density at radius 1 is 0.692 bits per heavy atom. The van der Waals surface area contributed by atoms with Crippen molar-refractivity contribution in [1.82, 2.24) is 0 Å². The van der Waals surface area contributed by atoms with Gasteiger partial charge in [-0.25, -0.2) is 0 Å². The highest BCUT2D eigenvalue weighted by Crippen LogP contribution is 2.60. The van der Waals surface area contributed by atoms with Crippen molar-refractivity contribution >= 4 is 16.9 Å². The largest absolute Gasteiger partial charge is 0.466 e. The van der Waals surface area contributed by atoms with Gasteiger partial charge >= 0.3 is 35.8 Å². The second kappa shape index (κ2) is 10.9. The van der Waals surface area contributed by atoms with Crippen LogP contribution in [0.2, 0.25) is 0 Å². The molecule has 16 heteroatoms. The minimum atomic E-state index is -7.95. The molecule has 0 atom stereocenters. The summed E-state index contributed by atoms with van der Waals surface area (Å²) in [7, 11) is 0. The van der Waals surface area contributed by atoms with Crippen molar-refractivity contribution in [1.29, 1.82) is 0 Å². The van der Waals surface area contributed by atoms with Crippen LogP contribution in [0.3, 0.4) is 0 Å². The number of halogens is 13. The van der Waals surface area contributed by atoms with Gasteiger partial charge in [0.2, 0.25) is 5.12 Å². The fourth-order valence-corrected chi connectivity index (χ4v) is 3.78. The molecule has 0 heterocycles. The van der Waals surface area contributed by atoms with E-state index in [4.69, 9.17) is 4.74 Å². The van der Waals surface area contributed by atoms with Gasteiger partial charge in [-0.3, -0.25) is 4.79 Å². The van der Waals surface area contributed by atoms with Crippen LogP contribution in [0.4, 0.5) is 57.1 Å². The quantitative estimate of drug-likeness (QED) is 0.190. The van der Waals surface area contributed by atoms with E-state index in [-0.39, 0.29) is 17.3 Å². The Morgan fingerprint density at radius 2 is 1.13 bits per heavy atom. The molecule has 0 fully saturated rings. The fraction of sp³-hybridized carbons (Fsp3) is 0.348. The van der Waals surface area contributed by atoms with Crippen LogP contribution in [0.15, 0.2) is 61.4 Å². The van der Waals surface area contributed by atoms with Gasteiger partial charge in [-0.1, -0.05) is 42.6 Å². The highest BCUT2D eigenvalue weighted by molar-refractivity contribution is 8.14. The lowest BCUT2D eigenvalue weighted by Gasteiger charge is -2.39. The van der Waals surface area contributed by atoms with Crippen molar-refractivity contribution < 1.29 is 66.6 Å². The number of benzene rings is 2. The molecule has 2 nitrogen and oxygen atoms in total. The van der Waals surface area contributed by atoms with Crippen molar-refractivity contribution in [3.8, 4) is 16.9 Å². The van der Waals surface area contributed by atoms with Crippen LogP contribution in [0.1, 0.15) is 16.8 Å². The van der Waals surface area contributed by atoms with E-state index in [1.165, 1.54) is 30.5 Å². The van der Waals surface area contributed by atoms with Gasteiger partial charge in [0, 0.05) is 17.7 Å². The summed E-state index contributed by atoms with van der Waals surface area (Å²) in [6, 6.07) is 11.6. The molecule has 0 spiro atoms. The maximum Gasteiger partial charge on any atom is 0.460 e. The summed E-state index contributed by atoms with van der Waals surface area (Å²) in [6.07, 6.45) is -8.72. The number of carbonyl (C=O) groups is 1. The van der Waals surface area contributed by atoms with E-state index in [1.807, 2.05) is 0 Å². The Kier molecular flexibility index (Phi) is 9.05. The topological polar surface area (TPSA) is 26.3 Å². The van der Waals surface area contributed by atoms with E-state index in [0.717, 1.165) is 0 Å². The van der Waals surface area contributed by atoms with Crippen molar-refractivity contribution in [3.05, 3.63) is 66.9 Å². The lowest BCUT2D eigenvalue weighted by atomic mass is 9.93. The van der Waals surface area contributed by atoms with Crippen LogP contribution in [0.5, 0.6) is 5.75 Å². The van der Waals surface area contributed by atoms with E-state index in [1.54, 1.807) is 24.3 Å². The predicted molar refractivity (Wildman–Crippen MR) is 115 cm³/mol. The number of thioether (sulfide) groups is 1. The molecule has 0 bridgehead atoms. The zero-order chi connectivity index (χ0) is 30.1. The van der Waals surface area contributed by atoms with Crippen LogP contribution < -0.4 is 4.74 Å². The van der Waals surface area contributed by atoms with Gasteiger partial charge in [0.15, 0.2) is 0 Å². The highest BCUT2D eigenvalue weighted by Gasteiger charge is 2.90. The minimum Gasteiger partial charge on any atom is -0.466 e. The van der Waals surface area contributed by atoms with Gasteiger partial charge in [-0.05, 0) is 35.4 Å². The molecule has 0 saturated carbocycles. The fourth-order valence-electron chi connectivity index (χ4n) is 2.94. The number of ether oxygens (including phenoxy) is 1. The predicted octanol–water partition coefficient (Wildman–Crippen LogP) is 8.88. The molecule has 0 radical (unpaired) electrons. The Bertz CT molecular complexity index is 1160. The van der Waals surface area contributed by atoms with Crippen LogP contribution in [0.25, 0.3) is 11.1 Å². The third-order valence-corrected chi connectivity index (χ3v) is 6.08. The normalized spacial score (nSPS) is 13.8. The van der Waals surface area contributed by atoms with E-state index < -0.39 is 53.1 Å². The lowest BCUT2D eigenvalue weighted by Crippen LogP contribution is -2.70.